The van der Waals surface area contributed by atoms with Gasteiger partial charge in [-0.15, -0.1) is 11.8 Å². The van der Waals surface area contributed by atoms with Crippen molar-refractivity contribution in [2.24, 2.45) is 17.8 Å². The maximum Gasteiger partial charge on any atom is 0.118 e. The van der Waals surface area contributed by atoms with Crippen LogP contribution in [0.5, 0.6) is 0 Å². The highest BCUT2D eigenvalue weighted by Gasteiger charge is 2.26. The number of thioether (sulfide) groups is 1. The third-order valence-electron chi connectivity index (χ3n) is 4.46. The van der Waals surface area contributed by atoms with Crippen LogP contribution in [0.15, 0.2) is 22.1 Å². The van der Waals surface area contributed by atoms with Gasteiger partial charge in [-0.1, -0.05) is 34.6 Å². The second-order valence-corrected chi connectivity index (χ2v) is 8.01. The lowest BCUT2D eigenvalue weighted by Gasteiger charge is -2.37. The molecule has 4 nitrogen and oxygen atoms in total. The smallest absolute Gasteiger partial charge is 0.118 e. The van der Waals surface area contributed by atoms with Gasteiger partial charge in [-0.3, -0.25) is 0 Å². The average Bonchev–Trinajstić information content (AvgIpc) is 2.54. The van der Waals surface area contributed by atoms with Gasteiger partial charge >= 0.3 is 0 Å². The first-order valence-electron chi connectivity index (χ1n) is 8.83. The second-order valence-electron chi connectivity index (χ2n) is 7.11. The Hall–Kier alpha value is -0.810. The molecule has 132 valence electrons. The Morgan fingerprint density at radius 2 is 1.87 bits per heavy atom. The van der Waals surface area contributed by atoms with E-state index in [1.807, 2.05) is 11.8 Å². The van der Waals surface area contributed by atoms with Crippen molar-refractivity contribution in [3.63, 3.8) is 0 Å². The number of nitrogens with one attached hydrogen (secondary N) is 2. The van der Waals surface area contributed by atoms with E-state index in [9.17, 15) is 0 Å². The van der Waals surface area contributed by atoms with Crippen molar-refractivity contribution in [3.8, 4) is 0 Å². The molecule has 1 unspecified atom stereocenters. The molecular formula is C18H33N3OS. The third kappa shape index (κ3) is 4.60. The summed E-state index contributed by atoms with van der Waals surface area (Å²) in [6.07, 6.45) is 3.33. The van der Waals surface area contributed by atoms with Gasteiger partial charge in [-0.2, -0.15) is 0 Å². The highest BCUT2D eigenvalue weighted by molar-refractivity contribution is 8.02. The number of allylic oxidation sites excluding steroid dienone is 2. The summed E-state index contributed by atoms with van der Waals surface area (Å²) in [6.45, 7) is 15.0. The molecule has 2 heterocycles. The van der Waals surface area contributed by atoms with Gasteiger partial charge in [0.2, 0.25) is 0 Å². The van der Waals surface area contributed by atoms with Crippen LogP contribution >= 0.6 is 11.8 Å². The van der Waals surface area contributed by atoms with Crippen molar-refractivity contribution in [3.05, 3.63) is 22.1 Å². The number of rotatable bonds is 6. The molecule has 0 aliphatic carbocycles. The van der Waals surface area contributed by atoms with Crippen molar-refractivity contribution < 1.29 is 4.74 Å². The summed E-state index contributed by atoms with van der Waals surface area (Å²) in [7, 11) is 0. The lowest BCUT2D eigenvalue weighted by molar-refractivity contribution is 0.140. The molecule has 0 fully saturated rings. The molecule has 0 saturated carbocycles. The van der Waals surface area contributed by atoms with Gasteiger partial charge in [-0.25, -0.2) is 5.01 Å². The summed E-state index contributed by atoms with van der Waals surface area (Å²) in [4.78, 5) is 1.50. The number of nitrogens with zero attached hydrogens (tertiary/aromatic N) is 1. The average molecular weight is 340 g/mol. The largest absolute Gasteiger partial charge is 0.494 e. The van der Waals surface area contributed by atoms with Crippen LogP contribution in [0.3, 0.4) is 0 Å². The van der Waals surface area contributed by atoms with Crippen LogP contribution in [0.1, 0.15) is 41.0 Å². The molecule has 0 amide bonds. The Kier molecular flexibility index (Phi) is 6.72. The van der Waals surface area contributed by atoms with Crippen LogP contribution in [0.25, 0.3) is 0 Å². The van der Waals surface area contributed by atoms with Crippen LogP contribution in [0.4, 0.5) is 0 Å². The lowest BCUT2D eigenvalue weighted by atomic mass is 10.00. The van der Waals surface area contributed by atoms with Gasteiger partial charge in [0.1, 0.15) is 12.4 Å². The van der Waals surface area contributed by atoms with E-state index >= 15 is 0 Å². The standard InChI is InChI=1S/C18H33N3OS/c1-12(2)16-15(23-6)7-9-21(20-16)11-14(5)17-18(13(3)4)22-10-8-19-17/h12-14,19-20H,7-11H2,1-6H3. The van der Waals surface area contributed by atoms with Gasteiger partial charge in [0.25, 0.3) is 0 Å². The van der Waals surface area contributed by atoms with Crippen LogP contribution in [0.2, 0.25) is 0 Å². The minimum atomic E-state index is 0.434. The molecule has 0 bridgehead atoms. The number of hydrogen-bond acceptors (Lipinski definition) is 5. The van der Waals surface area contributed by atoms with E-state index < -0.39 is 0 Å². The fourth-order valence-corrected chi connectivity index (χ4v) is 4.08. The van der Waals surface area contributed by atoms with Gasteiger partial charge in [0.15, 0.2) is 0 Å². The van der Waals surface area contributed by atoms with Crippen LogP contribution < -0.4 is 10.7 Å². The van der Waals surface area contributed by atoms with Crippen molar-refractivity contribution in [1.82, 2.24) is 15.8 Å². The van der Waals surface area contributed by atoms with Gasteiger partial charge in [0.05, 0.1) is 5.70 Å². The predicted molar refractivity (Wildman–Crippen MR) is 99.7 cm³/mol. The monoisotopic (exact) mass is 339 g/mol. The molecule has 2 aliphatic rings. The minimum absolute atomic E-state index is 0.434. The van der Waals surface area contributed by atoms with Crippen LogP contribution in [-0.2, 0) is 4.74 Å². The summed E-state index contributed by atoms with van der Waals surface area (Å²) >= 11 is 1.88. The summed E-state index contributed by atoms with van der Waals surface area (Å²) < 4.78 is 5.92. The molecule has 0 aromatic rings. The fourth-order valence-electron chi connectivity index (χ4n) is 3.29. The number of hydrogen-bond donors (Lipinski definition) is 2. The van der Waals surface area contributed by atoms with Gasteiger partial charge in [-0.05, 0) is 18.6 Å². The summed E-state index contributed by atoms with van der Waals surface area (Å²) in [6, 6.07) is 0. The van der Waals surface area contributed by atoms with Gasteiger partial charge in [0, 0.05) is 42.1 Å². The first-order valence-corrected chi connectivity index (χ1v) is 10.1. The van der Waals surface area contributed by atoms with E-state index in [0.717, 1.165) is 38.4 Å². The molecule has 0 aromatic carbocycles. The zero-order valence-corrected chi connectivity index (χ0v) is 16.3. The van der Waals surface area contributed by atoms with Crippen molar-refractivity contribution in [2.75, 3.05) is 32.5 Å². The molecule has 0 saturated heterocycles. The maximum absolute atomic E-state index is 5.92. The van der Waals surface area contributed by atoms with Gasteiger partial charge < -0.3 is 15.5 Å². The quantitative estimate of drug-likeness (QED) is 0.774. The first kappa shape index (κ1) is 18.5. The zero-order chi connectivity index (χ0) is 17.0. The molecule has 2 N–H and O–H groups in total. The Labute approximate surface area is 146 Å². The number of ether oxygens (including phenoxy) is 1. The fraction of sp³-hybridized carbons (Fsp3) is 0.778. The van der Waals surface area contributed by atoms with E-state index in [0.29, 0.717) is 17.8 Å². The molecule has 2 aliphatic heterocycles. The van der Waals surface area contributed by atoms with Crippen LogP contribution in [0, 0.1) is 17.8 Å². The second kappa shape index (κ2) is 8.34. The summed E-state index contributed by atoms with van der Waals surface area (Å²) in [5.74, 6) is 2.55. The maximum atomic E-state index is 5.92. The SMILES string of the molecule is CSC1=C(C(C)C)NN(CC(C)C2=C(C(C)C)OCCN2)CC1. The van der Waals surface area contributed by atoms with E-state index in [1.165, 1.54) is 16.3 Å². The van der Waals surface area contributed by atoms with E-state index in [2.05, 4.69) is 56.6 Å². The van der Waals surface area contributed by atoms with Crippen molar-refractivity contribution in [1.29, 1.82) is 0 Å². The summed E-state index contributed by atoms with van der Waals surface area (Å²) in [5, 5.41) is 5.95. The molecule has 0 spiro atoms. The minimum Gasteiger partial charge on any atom is -0.494 e. The first-order chi connectivity index (χ1) is 10.9. The topological polar surface area (TPSA) is 36.5 Å². The molecule has 23 heavy (non-hydrogen) atoms. The molecular weight excluding hydrogens is 306 g/mol. The Balaban J connectivity index is 2.06. The Morgan fingerprint density at radius 3 is 2.48 bits per heavy atom. The van der Waals surface area contributed by atoms with E-state index in [1.54, 1.807) is 0 Å². The molecule has 2 rings (SSSR count). The number of hydrazine groups is 1. The Morgan fingerprint density at radius 1 is 1.13 bits per heavy atom. The molecule has 1 atom stereocenters. The van der Waals surface area contributed by atoms with Crippen LogP contribution in [-0.4, -0.2) is 37.5 Å². The van der Waals surface area contributed by atoms with Crippen molar-refractivity contribution in [2.45, 2.75) is 41.0 Å². The highest BCUT2D eigenvalue weighted by Crippen LogP contribution is 2.29. The molecule has 0 radical (unpaired) electrons. The van der Waals surface area contributed by atoms with E-state index in [4.69, 9.17) is 4.74 Å². The molecule has 5 heteroatoms. The third-order valence-corrected chi connectivity index (χ3v) is 5.38. The molecule has 0 aromatic heterocycles. The lowest BCUT2D eigenvalue weighted by Crippen LogP contribution is -2.46. The Bertz CT molecular complexity index is 471. The zero-order valence-electron chi connectivity index (χ0n) is 15.5. The normalized spacial score (nSPS) is 21.4. The highest BCUT2D eigenvalue weighted by atomic mass is 32.2. The van der Waals surface area contributed by atoms with E-state index in [-0.39, 0.29) is 0 Å². The summed E-state index contributed by atoms with van der Waals surface area (Å²) in [5.41, 5.74) is 6.35. The van der Waals surface area contributed by atoms with Crippen molar-refractivity contribution >= 4 is 11.8 Å². The predicted octanol–water partition coefficient (Wildman–Crippen LogP) is 3.55.